The van der Waals surface area contributed by atoms with Gasteiger partial charge in [0.15, 0.2) is 0 Å². The molecule has 2 amide bonds. The van der Waals surface area contributed by atoms with Crippen molar-refractivity contribution in [2.24, 2.45) is 0 Å². The highest BCUT2D eigenvalue weighted by molar-refractivity contribution is 7.99. The van der Waals surface area contributed by atoms with E-state index in [0.717, 1.165) is 11.1 Å². The van der Waals surface area contributed by atoms with Gasteiger partial charge in [0.05, 0.1) is 5.75 Å². The highest BCUT2D eigenvalue weighted by Gasteiger charge is 2.25. The van der Waals surface area contributed by atoms with Crippen LogP contribution in [0.25, 0.3) is 0 Å². The highest BCUT2D eigenvalue weighted by atomic mass is 35.5. The molecule has 0 fully saturated rings. The predicted molar refractivity (Wildman–Crippen MR) is 113 cm³/mol. The summed E-state index contributed by atoms with van der Waals surface area (Å²) in [5.41, 5.74) is 1.86. The number of hydrogen-bond acceptors (Lipinski definition) is 3. The number of carbonyl (C=O) groups is 2. The first-order chi connectivity index (χ1) is 12.9. The molecule has 7 heteroatoms. The summed E-state index contributed by atoms with van der Waals surface area (Å²) in [6, 6.07) is 14.3. The zero-order valence-electron chi connectivity index (χ0n) is 15.2. The zero-order chi connectivity index (χ0) is 19.8. The molecule has 2 aromatic rings. The van der Waals surface area contributed by atoms with Crippen LogP contribution in [0.1, 0.15) is 18.1 Å². The van der Waals surface area contributed by atoms with Crippen molar-refractivity contribution in [3.8, 4) is 0 Å². The van der Waals surface area contributed by atoms with E-state index in [1.807, 2.05) is 42.5 Å². The Morgan fingerprint density at radius 2 is 1.89 bits per heavy atom. The van der Waals surface area contributed by atoms with Gasteiger partial charge in [-0.05, 0) is 36.2 Å². The first kappa shape index (κ1) is 21.6. The fourth-order valence-corrected chi connectivity index (χ4v) is 3.83. The number of benzene rings is 2. The van der Waals surface area contributed by atoms with E-state index in [9.17, 15) is 9.59 Å². The standard InChI is InChI=1S/C20H22Cl2N2O2S/c1-14(20(26)23-2)24(11-16-7-3-4-9-18(16)22)19(25)13-27-12-15-6-5-8-17(21)10-15/h3-10,14H,11-13H2,1-2H3,(H,23,26)/t14-/m0/s1. The number of nitrogens with one attached hydrogen (secondary N) is 1. The Morgan fingerprint density at radius 3 is 2.56 bits per heavy atom. The first-order valence-corrected chi connectivity index (χ1v) is 10.4. The maximum absolute atomic E-state index is 12.8. The number of hydrogen-bond donors (Lipinski definition) is 1. The van der Waals surface area contributed by atoms with E-state index >= 15 is 0 Å². The average molecular weight is 425 g/mol. The third kappa shape index (κ3) is 6.45. The summed E-state index contributed by atoms with van der Waals surface area (Å²) in [5.74, 6) is 0.604. The average Bonchev–Trinajstić information content (AvgIpc) is 2.66. The van der Waals surface area contributed by atoms with Crippen LogP contribution in [0, 0.1) is 0 Å². The molecule has 0 aliphatic rings. The molecule has 0 aliphatic carbocycles. The number of amides is 2. The molecule has 1 atom stereocenters. The zero-order valence-corrected chi connectivity index (χ0v) is 17.6. The van der Waals surface area contributed by atoms with Crippen molar-refractivity contribution in [1.29, 1.82) is 0 Å². The fourth-order valence-electron chi connectivity index (χ4n) is 2.57. The minimum Gasteiger partial charge on any atom is -0.357 e. The Morgan fingerprint density at radius 1 is 1.15 bits per heavy atom. The van der Waals surface area contributed by atoms with Gasteiger partial charge in [0.1, 0.15) is 6.04 Å². The number of carbonyl (C=O) groups excluding carboxylic acids is 2. The van der Waals surface area contributed by atoms with Crippen molar-refractivity contribution in [1.82, 2.24) is 10.2 Å². The van der Waals surface area contributed by atoms with Crippen molar-refractivity contribution < 1.29 is 9.59 Å². The van der Waals surface area contributed by atoms with E-state index in [0.29, 0.717) is 15.8 Å². The molecule has 0 aromatic heterocycles. The molecule has 27 heavy (non-hydrogen) atoms. The van der Waals surface area contributed by atoms with E-state index in [-0.39, 0.29) is 24.1 Å². The van der Waals surface area contributed by atoms with Gasteiger partial charge in [0.2, 0.25) is 11.8 Å². The van der Waals surface area contributed by atoms with E-state index in [4.69, 9.17) is 23.2 Å². The van der Waals surface area contributed by atoms with Gasteiger partial charge in [0, 0.05) is 29.4 Å². The van der Waals surface area contributed by atoms with Crippen LogP contribution >= 0.6 is 35.0 Å². The Balaban J connectivity index is 2.06. The van der Waals surface area contributed by atoms with Gasteiger partial charge in [-0.3, -0.25) is 9.59 Å². The second-order valence-corrected chi connectivity index (χ2v) is 7.86. The molecule has 0 aliphatic heterocycles. The maximum atomic E-state index is 12.8. The molecular weight excluding hydrogens is 403 g/mol. The van der Waals surface area contributed by atoms with Crippen LogP contribution in [0.15, 0.2) is 48.5 Å². The summed E-state index contributed by atoms with van der Waals surface area (Å²) in [4.78, 5) is 26.5. The Hall–Kier alpha value is -1.69. The van der Waals surface area contributed by atoms with Crippen LogP contribution in [0.3, 0.4) is 0 Å². The molecule has 0 bridgehead atoms. The molecule has 2 rings (SSSR count). The summed E-state index contributed by atoms with van der Waals surface area (Å²) < 4.78 is 0. The summed E-state index contributed by atoms with van der Waals surface area (Å²) >= 11 is 13.7. The van der Waals surface area contributed by atoms with E-state index in [2.05, 4.69) is 5.32 Å². The van der Waals surface area contributed by atoms with Gasteiger partial charge in [-0.15, -0.1) is 11.8 Å². The van der Waals surface area contributed by atoms with Crippen molar-refractivity contribution in [3.63, 3.8) is 0 Å². The van der Waals surface area contributed by atoms with Crippen LogP contribution in [0.5, 0.6) is 0 Å². The van der Waals surface area contributed by atoms with Crippen LogP contribution in [0.4, 0.5) is 0 Å². The molecule has 144 valence electrons. The smallest absolute Gasteiger partial charge is 0.242 e. The van der Waals surface area contributed by atoms with E-state index in [1.54, 1.807) is 24.9 Å². The van der Waals surface area contributed by atoms with Gasteiger partial charge < -0.3 is 10.2 Å². The Labute approximate surface area is 174 Å². The lowest BCUT2D eigenvalue weighted by Gasteiger charge is -2.28. The minimum atomic E-state index is -0.592. The summed E-state index contributed by atoms with van der Waals surface area (Å²) in [5, 5.41) is 3.85. The van der Waals surface area contributed by atoms with Gasteiger partial charge in [-0.2, -0.15) is 0 Å². The fraction of sp³-hybridized carbons (Fsp3) is 0.300. The van der Waals surface area contributed by atoms with Gasteiger partial charge in [-0.1, -0.05) is 53.5 Å². The molecule has 0 unspecified atom stereocenters. The lowest BCUT2D eigenvalue weighted by atomic mass is 10.1. The van der Waals surface area contributed by atoms with Gasteiger partial charge >= 0.3 is 0 Å². The lowest BCUT2D eigenvalue weighted by molar-refractivity contribution is -0.138. The van der Waals surface area contributed by atoms with E-state index in [1.165, 1.54) is 11.8 Å². The molecule has 0 saturated heterocycles. The number of nitrogens with zero attached hydrogens (tertiary/aromatic N) is 1. The number of thioether (sulfide) groups is 1. The largest absolute Gasteiger partial charge is 0.357 e. The van der Waals surface area contributed by atoms with Crippen molar-refractivity contribution in [2.75, 3.05) is 12.8 Å². The van der Waals surface area contributed by atoms with Crippen molar-refractivity contribution in [2.45, 2.75) is 25.3 Å². The SMILES string of the molecule is CNC(=O)[C@H](C)N(Cc1ccccc1Cl)C(=O)CSCc1cccc(Cl)c1. The van der Waals surface area contributed by atoms with Crippen LogP contribution in [-0.4, -0.2) is 35.6 Å². The topological polar surface area (TPSA) is 49.4 Å². The molecule has 1 N–H and O–H groups in total. The summed E-state index contributed by atoms with van der Waals surface area (Å²) in [7, 11) is 1.56. The van der Waals surface area contributed by atoms with Gasteiger partial charge in [0.25, 0.3) is 0 Å². The number of halogens is 2. The second-order valence-electron chi connectivity index (χ2n) is 6.03. The van der Waals surface area contributed by atoms with Crippen molar-refractivity contribution >= 4 is 46.8 Å². The summed E-state index contributed by atoms with van der Waals surface area (Å²) in [6.45, 7) is 2.00. The second kappa shape index (κ2) is 10.6. The molecule has 0 heterocycles. The quantitative estimate of drug-likeness (QED) is 0.683. The first-order valence-electron chi connectivity index (χ1n) is 8.49. The third-order valence-electron chi connectivity index (χ3n) is 4.10. The maximum Gasteiger partial charge on any atom is 0.242 e. The van der Waals surface area contributed by atoms with Crippen molar-refractivity contribution in [3.05, 3.63) is 69.7 Å². The third-order valence-corrected chi connectivity index (χ3v) is 5.69. The van der Waals surface area contributed by atoms with E-state index < -0.39 is 6.04 Å². The molecule has 0 saturated carbocycles. The van der Waals surface area contributed by atoms with Gasteiger partial charge in [-0.25, -0.2) is 0 Å². The lowest BCUT2D eigenvalue weighted by Crippen LogP contribution is -2.47. The Bertz CT molecular complexity index is 801. The normalized spacial score (nSPS) is 11.7. The highest BCUT2D eigenvalue weighted by Crippen LogP contribution is 2.21. The van der Waals surface area contributed by atoms with Crippen LogP contribution < -0.4 is 5.32 Å². The predicted octanol–water partition coefficient (Wildman–Crippen LogP) is 4.39. The van der Waals surface area contributed by atoms with Crippen LogP contribution in [-0.2, 0) is 21.9 Å². The minimum absolute atomic E-state index is 0.113. The molecular formula is C20H22Cl2N2O2S. The summed E-state index contributed by atoms with van der Waals surface area (Å²) in [6.07, 6.45) is 0. The molecule has 2 aromatic carbocycles. The Kier molecular flexibility index (Phi) is 8.48. The molecule has 0 radical (unpaired) electrons. The number of likely N-dealkylation sites (N-methyl/N-ethyl adjacent to an activating group) is 1. The van der Waals surface area contributed by atoms with Crippen LogP contribution in [0.2, 0.25) is 10.0 Å². The molecule has 4 nitrogen and oxygen atoms in total. The monoisotopic (exact) mass is 424 g/mol. The number of rotatable bonds is 8. The molecule has 0 spiro atoms.